The van der Waals surface area contributed by atoms with E-state index >= 15 is 0 Å². The van der Waals surface area contributed by atoms with Crippen LogP contribution in [0.25, 0.3) is 0 Å². The van der Waals surface area contributed by atoms with Crippen LogP contribution in [-0.4, -0.2) is 5.71 Å². The molecule has 0 aromatic heterocycles. The van der Waals surface area contributed by atoms with Crippen LogP contribution in [0, 0.1) is 0 Å². The summed E-state index contributed by atoms with van der Waals surface area (Å²) in [5.41, 5.74) is 5.37. The van der Waals surface area contributed by atoms with Gasteiger partial charge in [-0.25, -0.2) is 0 Å². The third-order valence-corrected chi connectivity index (χ3v) is 4.49. The lowest BCUT2D eigenvalue weighted by Gasteiger charge is -2.19. The topological polar surface area (TPSA) is 24.4 Å². The molecule has 2 nitrogen and oxygen atoms in total. The van der Waals surface area contributed by atoms with Crippen molar-refractivity contribution < 1.29 is 0 Å². The van der Waals surface area contributed by atoms with Crippen molar-refractivity contribution in [1.82, 2.24) is 0 Å². The van der Waals surface area contributed by atoms with Gasteiger partial charge in [0.05, 0.1) is 23.1 Å². The van der Waals surface area contributed by atoms with Gasteiger partial charge in [0.25, 0.3) is 0 Å². The van der Waals surface area contributed by atoms with Gasteiger partial charge in [-0.05, 0) is 29.3 Å². The molecule has 1 heterocycles. The Kier molecular flexibility index (Phi) is 4.06. The lowest BCUT2D eigenvalue weighted by atomic mass is 9.97. The summed E-state index contributed by atoms with van der Waals surface area (Å²) in [5.74, 6) is 0. The maximum absolute atomic E-state index is 6.18. The minimum absolute atomic E-state index is 0.174. The molecule has 3 aromatic carbocycles. The SMILES string of the molecule is Clc1ccc2c(c1)N=C(c1ccccc1)CC(c1ccccc1)N2. The molecule has 0 fully saturated rings. The Morgan fingerprint density at radius 2 is 1.58 bits per heavy atom. The highest BCUT2D eigenvalue weighted by Crippen LogP contribution is 2.36. The van der Waals surface area contributed by atoms with Crippen molar-refractivity contribution in [2.24, 2.45) is 4.99 Å². The Balaban J connectivity index is 1.82. The molecular weight excluding hydrogens is 316 g/mol. The second-order valence-electron chi connectivity index (χ2n) is 5.90. The van der Waals surface area contributed by atoms with Gasteiger partial charge in [0, 0.05) is 11.4 Å². The molecule has 1 aliphatic heterocycles. The summed E-state index contributed by atoms with van der Waals surface area (Å²) in [6.07, 6.45) is 0.820. The number of benzene rings is 3. The zero-order valence-electron chi connectivity index (χ0n) is 13.1. The number of aliphatic imine (C=N–C) groups is 1. The molecule has 0 spiro atoms. The molecule has 118 valence electrons. The second-order valence-corrected chi connectivity index (χ2v) is 6.33. The summed E-state index contributed by atoms with van der Waals surface area (Å²) in [5, 5.41) is 4.33. The predicted molar refractivity (Wildman–Crippen MR) is 102 cm³/mol. The molecule has 1 unspecified atom stereocenters. The van der Waals surface area contributed by atoms with Crippen LogP contribution in [0.3, 0.4) is 0 Å². The van der Waals surface area contributed by atoms with Crippen molar-refractivity contribution in [3.63, 3.8) is 0 Å². The number of hydrogen-bond donors (Lipinski definition) is 1. The Hall–Kier alpha value is -2.58. The first-order valence-electron chi connectivity index (χ1n) is 8.03. The highest BCUT2D eigenvalue weighted by atomic mass is 35.5. The average molecular weight is 333 g/mol. The van der Waals surface area contributed by atoms with Gasteiger partial charge in [-0.2, -0.15) is 0 Å². The summed E-state index contributed by atoms with van der Waals surface area (Å²) in [7, 11) is 0. The predicted octanol–water partition coefficient (Wildman–Crippen LogP) is 6.02. The van der Waals surface area contributed by atoms with E-state index < -0.39 is 0 Å². The highest BCUT2D eigenvalue weighted by molar-refractivity contribution is 6.31. The molecule has 3 aromatic rings. The van der Waals surface area contributed by atoms with E-state index in [-0.39, 0.29) is 6.04 Å². The van der Waals surface area contributed by atoms with Crippen LogP contribution in [0.1, 0.15) is 23.6 Å². The van der Waals surface area contributed by atoms with Crippen LogP contribution >= 0.6 is 11.6 Å². The monoisotopic (exact) mass is 332 g/mol. The lowest BCUT2D eigenvalue weighted by Crippen LogP contribution is -2.14. The van der Waals surface area contributed by atoms with Gasteiger partial charge in [0.1, 0.15) is 0 Å². The first-order valence-corrected chi connectivity index (χ1v) is 8.41. The molecule has 1 N–H and O–H groups in total. The van der Waals surface area contributed by atoms with Crippen LogP contribution in [0.15, 0.2) is 83.9 Å². The van der Waals surface area contributed by atoms with Gasteiger partial charge < -0.3 is 5.32 Å². The van der Waals surface area contributed by atoms with Crippen molar-refractivity contribution in [3.05, 3.63) is 95.0 Å². The molecular formula is C21H17ClN2. The van der Waals surface area contributed by atoms with Crippen LogP contribution in [0.5, 0.6) is 0 Å². The van der Waals surface area contributed by atoms with Gasteiger partial charge in [0.15, 0.2) is 0 Å². The van der Waals surface area contributed by atoms with Crippen molar-refractivity contribution in [3.8, 4) is 0 Å². The van der Waals surface area contributed by atoms with Gasteiger partial charge >= 0.3 is 0 Å². The van der Waals surface area contributed by atoms with E-state index in [4.69, 9.17) is 16.6 Å². The van der Waals surface area contributed by atoms with Crippen LogP contribution in [0.4, 0.5) is 11.4 Å². The summed E-state index contributed by atoms with van der Waals surface area (Å²) >= 11 is 6.18. The Morgan fingerprint density at radius 1 is 0.875 bits per heavy atom. The summed E-state index contributed by atoms with van der Waals surface area (Å²) in [4.78, 5) is 4.92. The van der Waals surface area contributed by atoms with Crippen LogP contribution in [-0.2, 0) is 0 Å². The molecule has 0 bridgehead atoms. The summed E-state index contributed by atoms with van der Waals surface area (Å²) in [6, 6.07) is 26.8. The number of hydrogen-bond acceptors (Lipinski definition) is 2. The Labute approximate surface area is 146 Å². The average Bonchev–Trinajstić information content (AvgIpc) is 2.82. The Bertz CT molecular complexity index is 873. The lowest BCUT2D eigenvalue weighted by molar-refractivity contribution is 0.828. The van der Waals surface area contributed by atoms with Crippen molar-refractivity contribution in [2.45, 2.75) is 12.5 Å². The van der Waals surface area contributed by atoms with E-state index in [1.807, 2.05) is 42.5 Å². The molecule has 0 saturated carbocycles. The quantitative estimate of drug-likeness (QED) is 0.610. The molecule has 3 heteroatoms. The van der Waals surface area contributed by atoms with Crippen molar-refractivity contribution in [2.75, 3.05) is 5.32 Å². The number of rotatable bonds is 2. The van der Waals surface area contributed by atoms with E-state index in [1.165, 1.54) is 5.56 Å². The number of fused-ring (bicyclic) bond motifs is 1. The molecule has 0 amide bonds. The molecule has 24 heavy (non-hydrogen) atoms. The van der Waals surface area contributed by atoms with Crippen LogP contribution < -0.4 is 5.32 Å². The molecule has 0 aliphatic carbocycles. The molecule has 1 aliphatic rings. The minimum atomic E-state index is 0.174. The first kappa shape index (κ1) is 15.0. The maximum Gasteiger partial charge on any atom is 0.0879 e. The fourth-order valence-corrected chi connectivity index (χ4v) is 3.21. The number of nitrogens with one attached hydrogen (secondary N) is 1. The zero-order valence-corrected chi connectivity index (χ0v) is 13.9. The zero-order chi connectivity index (χ0) is 16.4. The van der Waals surface area contributed by atoms with E-state index in [1.54, 1.807) is 0 Å². The number of nitrogens with zero attached hydrogens (tertiary/aromatic N) is 1. The molecule has 1 atom stereocenters. The van der Waals surface area contributed by atoms with Gasteiger partial charge in [0.2, 0.25) is 0 Å². The third-order valence-electron chi connectivity index (χ3n) is 4.25. The van der Waals surface area contributed by atoms with Gasteiger partial charge in [-0.1, -0.05) is 72.3 Å². The first-order chi connectivity index (χ1) is 11.8. The van der Waals surface area contributed by atoms with Crippen molar-refractivity contribution >= 4 is 28.7 Å². The van der Waals surface area contributed by atoms with Crippen molar-refractivity contribution in [1.29, 1.82) is 0 Å². The summed E-state index contributed by atoms with van der Waals surface area (Å²) < 4.78 is 0. The highest BCUT2D eigenvalue weighted by Gasteiger charge is 2.21. The second kappa shape index (κ2) is 6.50. The number of halogens is 1. The fraction of sp³-hybridized carbons (Fsp3) is 0.0952. The standard InChI is InChI=1S/C21H17ClN2/c22-17-11-12-18-21(13-17)24-20(16-9-5-2-6-10-16)14-19(23-18)15-7-3-1-4-8-15/h1-13,19,23H,14H2. The smallest absolute Gasteiger partial charge is 0.0879 e. The van der Waals surface area contributed by atoms with Crippen LogP contribution in [0.2, 0.25) is 5.02 Å². The van der Waals surface area contributed by atoms with E-state index in [0.717, 1.165) is 29.1 Å². The molecule has 0 radical (unpaired) electrons. The Morgan fingerprint density at radius 3 is 2.33 bits per heavy atom. The van der Waals surface area contributed by atoms with Gasteiger partial charge in [-0.15, -0.1) is 0 Å². The van der Waals surface area contributed by atoms with E-state index in [0.29, 0.717) is 5.02 Å². The normalized spacial score (nSPS) is 16.5. The van der Waals surface area contributed by atoms with Gasteiger partial charge in [-0.3, -0.25) is 4.99 Å². The maximum atomic E-state index is 6.18. The number of anilines is 1. The molecule has 0 saturated heterocycles. The minimum Gasteiger partial charge on any atom is -0.376 e. The summed E-state index contributed by atoms with van der Waals surface area (Å²) in [6.45, 7) is 0. The van der Waals surface area contributed by atoms with E-state index in [2.05, 4.69) is 41.7 Å². The third kappa shape index (κ3) is 3.06. The van der Waals surface area contributed by atoms with E-state index in [9.17, 15) is 0 Å². The fourth-order valence-electron chi connectivity index (χ4n) is 3.04. The largest absolute Gasteiger partial charge is 0.376 e. The molecule has 4 rings (SSSR count).